The number of anilines is 1. The third-order valence-electron chi connectivity index (χ3n) is 3.98. The molecule has 1 aliphatic rings. The average Bonchev–Trinajstić information content (AvgIpc) is 2.67. The van der Waals surface area contributed by atoms with E-state index in [0.29, 0.717) is 0 Å². The van der Waals surface area contributed by atoms with Gasteiger partial charge in [0, 0.05) is 6.54 Å². The van der Waals surface area contributed by atoms with Crippen molar-refractivity contribution in [2.45, 2.75) is 20.3 Å². The van der Waals surface area contributed by atoms with Crippen LogP contribution < -0.4 is 4.90 Å². The SMILES string of the molecule is CCCN1C(=O)C(C)C(c2ccccc2)=Nc2ccccc21. The molecule has 2 aromatic carbocycles. The highest BCUT2D eigenvalue weighted by molar-refractivity contribution is 6.19. The normalized spacial score (nSPS) is 17.7. The summed E-state index contributed by atoms with van der Waals surface area (Å²) in [5, 5.41) is 0. The molecule has 3 nitrogen and oxygen atoms in total. The fourth-order valence-electron chi connectivity index (χ4n) is 2.86. The van der Waals surface area contributed by atoms with Gasteiger partial charge in [-0.2, -0.15) is 0 Å². The molecule has 1 unspecified atom stereocenters. The smallest absolute Gasteiger partial charge is 0.235 e. The van der Waals surface area contributed by atoms with Crippen molar-refractivity contribution < 1.29 is 4.79 Å². The van der Waals surface area contributed by atoms with Gasteiger partial charge in [0.15, 0.2) is 0 Å². The summed E-state index contributed by atoms with van der Waals surface area (Å²) in [6.45, 7) is 4.75. The quantitative estimate of drug-likeness (QED) is 0.834. The van der Waals surface area contributed by atoms with Gasteiger partial charge >= 0.3 is 0 Å². The third kappa shape index (κ3) is 2.54. The molecule has 1 aliphatic heterocycles. The first kappa shape index (κ1) is 14.5. The first-order valence-corrected chi connectivity index (χ1v) is 7.76. The maximum absolute atomic E-state index is 12.9. The van der Waals surface area contributed by atoms with Gasteiger partial charge in [0.05, 0.1) is 23.0 Å². The van der Waals surface area contributed by atoms with E-state index in [0.717, 1.165) is 35.6 Å². The molecule has 0 bridgehead atoms. The van der Waals surface area contributed by atoms with Gasteiger partial charge in [-0.15, -0.1) is 0 Å². The summed E-state index contributed by atoms with van der Waals surface area (Å²) >= 11 is 0. The van der Waals surface area contributed by atoms with Crippen molar-refractivity contribution >= 4 is 23.0 Å². The summed E-state index contributed by atoms with van der Waals surface area (Å²) in [6.07, 6.45) is 0.924. The Kier molecular flexibility index (Phi) is 4.05. The predicted molar refractivity (Wildman–Crippen MR) is 90.9 cm³/mol. The molecule has 22 heavy (non-hydrogen) atoms. The van der Waals surface area contributed by atoms with Crippen LogP contribution in [0.2, 0.25) is 0 Å². The molecule has 0 saturated carbocycles. The van der Waals surface area contributed by atoms with E-state index in [4.69, 9.17) is 4.99 Å². The van der Waals surface area contributed by atoms with E-state index in [1.54, 1.807) is 0 Å². The maximum Gasteiger partial charge on any atom is 0.235 e. The van der Waals surface area contributed by atoms with Crippen molar-refractivity contribution in [1.82, 2.24) is 0 Å². The predicted octanol–water partition coefficient (Wildman–Crippen LogP) is 4.20. The number of rotatable bonds is 3. The maximum atomic E-state index is 12.9. The summed E-state index contributed by atoms with van der Waals surface area (Å²) in [5.41, 5.74) is 3.63. The standard InChI is InChI=1S/C19H20N2O/c1-3-13-21-17-12-8-7-11-16(17)20-18(14(2)19(21)22)15-9-5-4-6-10-15/h4-12,14H,3,13H2,1-2H3. The largest absolute Gasteiger partial charge is 0.310 e. The van der Waals surface area contributed by atoms with E-state index in [-0.39, 0.29) is 11.8 Å². The van der Waals surface area contributed by atoms with Gasteiger partial charge in [-0.05, 0) is 31.0 Å². The van der Waals surface area contributed by atoms with E-state index in [1.807, 2.05) is 66.4 Å². The third-order valence-corrected chi connectivity index (χ3v) is 3.98. The number of fused-ring (bicyclic) bond motifs is 1. The molecular weight excluding hydrogens is 272 g/mol. The molecular formula is C19H20N2O. The molecule has 0 N–H and O–H groups in total. The Morgan fingerprint density at radius 1 is 1.05 bits per heavy atom. The minimum Gasteiger partial charge on any atom is -0.310 e. The van der Waals surface area contributed by atoms with E-state index in [9.17, 15) is 4.79 Å². The molecule has 0 saturated heterocycles. The summed E-state index contributed by atoms with van der Waals surface area (Å²) in [5.74, 6) is -0.129. The van der Waals surface area contributed by atoms with E-state index in [1.165, 1.54) is 0 Å². The van der Waals surface area contributed by atoms with Crippen LogP contribution in [0, 0.1) is 5.92 Å². The number of hydrogen-bond donors (Lipinski definition) is 0. The highest BCUT2D eigenvalue weighted by atomic mass is 16.2. The highest BCUT2D eigenvalue weighted by Gasteiger charge is 2.30. The first-order valence-electron chi connectivity index (χ1n) is 7.76. The number of carbonyl (C=O) groups is 1. The van der Waals surface area contributed by atoms with Gasteiger partial charge in [-0.1, -0.05) is 49.4 Å². The van der Waals surface area contributed by atoms with Crippen LogP contribution in [0.25, 0.3) is 0 Å². The highest BCUT2D eigenvalue weighted by Crippen LogP contribution is 2.34. The van der Waals surface area contributed by atoms with Crippen molar-refractivity contribution in [3.05, 3.63) is 60.2 Å². The Hall–Kier alpha value is -2.42. The minimum absolute atomic E-state index is 0.120. The molecule has 112 valence electrons. The number of hydrogen-bond acceptors (Lipinski definition) is 2. The molecule has 3 heteroatoms. The fraction of sp³-hybridized carbons (Fsp3) is 0.263. The van der Waals surface area contributed by atoms with Crippen LogP contribution in [0.5, 0.6) is 0 Å². The van der Waals surface area contributed by atoms with Crippen molar-refractivity contribution in [3.8, 4) is 0 Å². The van der Waals surface area contributed by atoms with E-state index in [2.05, 4.69) is 6.92 Å². The molecule has 1 atom stereocenters. The second-order valence-corrected chi connectivity index (χ2v) is 5.56. The number of benzene rings is 2. The molecule has 0 spiro atoms. The zero-order valence-electron chi connectivity index (χ0n) is 13.0. The minimum atomic E-state index is -0.249. The van der Waals surface area contributed by atoms with E-state index >= 15 is 0 Å². The Balaban J connectivity index is 2.15. The lowest BCUT2D eigenvalue weighted by atomic mass is 9.97. The monoisotopic (exact) mass is 292 g/mol. The lowest BCUT2D eigenvalue weighted by Gasteiger charge is -2.24. The lowest BCUT2D eigenvalue weighted by Crippen LogP contribution is -2.37. The van der Waals surface area contributed by atoms with Crippen molar-refractivity contribution in [2.24, 2.45) is 10.9 Å². The van der Waals surface area contributed by atoms with Crippen LogP contribution in [0.3, 0.4) is 0 Å². The van der Waals surface area contributed by atoms with Crippen LogP contribution in [0.4, 0.5) is 11.4 Å². The summed E-state index contributed by atoms with van der Waals surface area (Å²) in [7, 11) is 0. The summed E-state index contributed by atoms with van der Waals surface area (Å²) in [4.78, 5) is 19.6. The molecule has 0 radical (unpaired) electrons. The summed E-state index contributed by atoms with van der Waals surface area (Å²) < 4.78 is 0. The van der Waals surface area contributed by atoms with Crippen molar-refractivity contribution in [2.75, 3.05) is 11.4 Å². The second-order valence-electron chi connectivity index (χ2n) is 5.56. The summed E-state index contributed by atoms with van der Waals surface area (Å²) in [6, 6.07) is 17.9. The molecule has 0 fully saturated rings. The number of para-hydroxylation sites is 2. The Bertz CT molecular complexity index is 706. The zero-order chi connectivity index (χ0) is 15.5. The molecule has 1 heterocycles. The fourth-order valence-corrected chi connectivity index (χ4v) is 2.86. The van der Waals surface area contributed by atoms with Crippen LogP contribution >= 0.6 is 0 Å². The number of carbonyl (C=O) groups excluding carboxylic acids is 1. The number of nitrogens with zero attached hydrogens (tertiary/aromatic N) is 2. The average molecular weight is 292 g/mol. The van der Waals surface area contributed by atoms with Crippen LogP contribution in [0.15, 0.2) is 59.6 Å². The molecule has 1 amide bonds. The van der Waals surface area contributed by atoms with Crippen molar-refractivity contribution in [1.29, 1.82) is 0 Å². The van der Waals surface area contributed by atoms with Gasteiger partial charge in [-0.3, -0.25) is 4.79 Å². The molecule has 2 aromatic rings. The van der Waals surface area contributed by atoms with Crippen molar-refractivity contribution in [3.63, 3.8) is 0 Å². The molecule has 0 aliphatic carbocycles. The van der Waals surface area contributed by atoms with Crippen LogP contribution in [-0.4, -0.2) is 18.2 Å². The van der Waals surface area contributed by atoms with Gasteiger partial charge < -0.3 is 4.90 Å². The van der Waals surface area contributed by atoms with E-state index < -0.39 is 0 Å². The van der Waals surface area contributed by atoms with Crippen LogP contribution in [-0.2, 0) is 4.79 Å². The van der Waals surface area contributed by atoms with Crippen LogP contribution in [0.1, 0.15) is 25.8 Å². The van der Waals surface area contributed by atoms with Gasteiger partial charge in [0.25, 0.3) is 0 Å². The Morgan fingerprint density at radius 2 is 1.73 bits per heavy atom. The van der Waals surface area contributed by atoms with Gasteiger partial charge in [0.2, 0.25) is 5.91 Å². The second kappa shape index (κ2) is 6.14. The van der Waals surface area contributed by atoms with Gasteiger partial charge in [-0.25, -0.2) is 4.99 Å². The number of aliphatic imine (C=N–C) groups is 1. The Morgan fingerprint density at radius 3 is 2.45 bits per heavy atom. The molecule has 3 rings (SSSR count). The first-order chi connectivity index (χ1) is 10.7. The number of amides is 1. The Labute approximate surface area is 131 Å². The lowest BCUT2D eigenvalue weighted by molar-refractivity contribution is -0.120. The van der Waals surface area contributed by atoms with Gasteiger partial charge in [0.1, 0.15) is 0 Å². The zero-order valence-corrected chi connectivity index (χ0v) is 13.0. The molecule has 0 aromatic heterocycles. The topological polar surface area (TPSA) is 32.7 Å².